The quantitative estimate of drug-likeness (QED) is 0.477. The van der Waals surface area contributed by atoms with Crippen molar-refractivity contribution >= 4 is 58.2 Å². The largest absolute Gasteiger partial charge is 0.364 e. The maximum Gasteiger partial charge on any atom is 0.273 e. The van der Waals surface area contributed by atoms with Crippen molar-refractivity contribution in [1.82, 2.24) is 15.0 Å². The van der Waals surface area contributed by atoms with Crippen molar-refractivity contribution in [3.05, 3.63) is 73.9 Å². The number of carbonyl (C=O) groups is 3. The highest BCUT2D eigenvalue weighted by Gasteiger charge is 2.22. The van der Waals surface area contributed by atoms with Crippen LogP contribution in [-0.2, 0) is 11.3 Å². The molecule has 0 unspecified atom stereocenters. The Morgan fingerprint density at radius 3 is 2.19 bits per heavy atom. The molecule has 0 radical (unpaired) electrons. The van der Waals surface area contributed by atoms with Gasteiger partial charge in [0.1, 0.15) is 0 Å². The predicted molar refractivity (Wildman–Crippen MR) is 122 cm³/mol. The van der Waals surface area contributed by atoms with Crippen LogP contribution in [0.3, 0.4) is 0 Å². The molecule has 2 amide bonds. The monoisotopic (exact) mass is 493 g/mol. The van der Waals surface area contributed by atoms with Gasteiger partial charge in [0.2, 0.25) is 5.91 Å². The molecule has 3 N–H and O–H groups in total. The fraction of sp³-hybridized carbons (Fsp3) is 0.190. The highest BCUT2D eigenvalue weighted by atomic mass is 35.5. The molecule has 0 atom stereocenters. The highest BCUT2D eigenvalue weighted by Crippen LogP contribution is 2.30. The number of nitrogens with one attached hydrogen (secondary N) is 1. The Labute approximate surface area is 198 Å². The first kappa shape index (κ1) is 23.7. The molecule has 1 aromatic heterocycles. The number of nitrogens with two attached hydrogens (primary N) is 1. The van der Waals surface area contributed by atoms with Gasteiger partial charge in [-0.15, -0.1) is 5.10 Å². The molecule has 1 heterocycles. The van der Waals surface area contributed by atoms with Crippen molar-refractivity contribution in [1.29, 1.82) is 0 Å². The molecular weight excluding hydrogens is 477 g/mol. The molecule has 0 fully saturated rings. The van der Waals surface area contributed by atoms with Crippen LogP contribution < -0.4 is 11.1 Å². The smallest absolute Gasteiger partial charge is 0.273 e. The van der Waals surface area contributed by atoms with Crippen LogP contribution in [0.4, 0.5) is 5.82 Å². The fourth-order valence-electron chi connectivity index (χ4n) is 2.83. The van der Waals surface area contributed by atoms with Crippen LogP contribution in [0.25, 0.3) is 0 Å². The Bertz CT molecular complexity index is 1180. The van der Waals surface area contributed by atoms with Gasteiger partial charge in [-0.2, -0.15) is 0 Å². The summed E-state index contributed by atoms with van der Waals surface area (Å²) in [6.45, 7) is 3.45. The van der Waals surface area contributed by atoms with E-state index in [1.807, 2.05) is 0 Å². The van der Waals surface area contributed by atoms with Crippen LogP contribution in [0.15, 0.2) is 36.4 Å². The van der Waals surface area contributed by atoms with Crippen LogP contribution in [0.2, 0.25) is 15.1 Å². The van der Waals surface area contributed by atoms with E-state index in [4.69, 9.17) is 40.5 Å². The molecule has 0 spiro atoms. The number of hydrogen-bond acceptors (Lipinski definition) is 5. The number of nitrogens with zero attached hydrogens (tertiary/aromatic N) is 3. The molecule has 0 saturated carbocycles. The van der Waals surface area contributed by atoms with E-state index in [1.165, 1.54) is 4.68 Å². The number of aromatic nitrogens is 3. The molecule has 2 aromatic carbocycles. The lowest BCUT2D eigenvalue weighted by Gasteiger charge is -2.13. The minimum atomic E-state index is -0.838. The summed E-state index contributed by atoms with van der Waals surface area (Å²) in [5.74, 6) is -1.82. The van der Waals surface area contributed by atoms with Crippen molar-refractivity contribution in [3.8, 4) is 0 Å². The van der Waals surface area contributed by atoms with Gasteiger partial charge in [-0.3, -0.25) is 14.4 Å². The Kier molecular flexibility index (Phi) is 7.18. The van der Waals surface area contributed by atoms with Gasteiger partial charge < -0.3 is 11.1 Å². The fourth-order valence-corrected chi connectivity index (χ4v) is 3.66. The molecule has 0 aliphatic rings. The summed E-state index contributed by atoms with van der Waals surface area (Å²) < 4.78 is 1.29. The second-order valence-electron chi connectivity index (χ2n) is 7.22. The zero-order valence-corrected chi connectivity index (χ0v) is 19.3. The average Bonchev–Trinajstić information content (AvgIpc) is 3.10. The van der Waals surface area contributed by atoms with Crippen molar-refractivity contribution < 1.29 is 14.4 Å². The van der Waals surface area contributed by atoms with Gasteiger partial charge in [-0.1, -0.05) is 53.9 Å². The average molecular weight is 495 g/mol. The zero-order valence-electron chi connectivity index (χ0n) is 17.0. The van der Waals surface area contributed by atoms with Gasteiger partial charge >= 0.3 is 0 Å². The van der Waals surface area contributed by atoms with Crippen molar-refractivity contribution in [2.75, 3.05) is 5.32 Å². The lowest BCUT2D eigenvalue weighted by atomic mass is 10.0. The summed E-state index contributed by atoms with van der Waals surface area (Å²) in [5.41, 5.74) is 6.26. The Balaban J connectivity index is 1.94. The van der Waals surface area contributed by atoms with E-state index in [2.05, 4.69) is 15.6 Å². The zero-order chi connectivity index (χ0) is 23.6. The summed E-state index contributed by atoms with van der Waals surface area (Å²) in [7, 11) is 0. The standard InChI is InChI=1S/C21H18Cl3N5O3/c1-10(2)21(32)26-20-17(19(25)31)27-28-29(20)9-11-7-14(23)16(15(24)8-11)18(30)12-3-5-13(22)6-4-12/h3-8,10H,9H2,1-2H3,(H2,25,31)(H,26,32). The highest BCUT2D eigenvalue weighted by molar-refractivity contribution is 6.41. The van der Waals surface area contributed by atoms with Crippen molar-refractivity contribution in [2.45, 2.75) is 20.4 Å². The minimum Gasteiger partial charge on any atom is -0.364 e. The maximum atomic E-state index is 12.8. The van der Waals surface area contributed by atoms with Gasteiger partial charge in [-0.05, 0) is 42.0 Å². The lowest BCUT2D eigenvalue weighted by molar-refractivity contribution is -0.118. The molecular formula is C21H18Cl3N5O3. The second kappa shape index (κ2) is 9.68. The van der Waals surface area contributed by atoms with Crippen LogP contribution in [0, 0.1) is 5.92 Å². The van der Waals surface area contributed by atoms with E-state index < -0.39 is 5.91 Å². The number of rotatable bonds is 7. The van der Waals surface area contributed by atoms with E-state index in [1.54, 1.807) is 50.2 Å². The van der Waals surface area contributed by atoms with E-state index in [0.717, 1.165) is 0 Å². The number of primary amides is 1. The molecule has 0 saturated heterocycles. The van der Waals surface area contributed by atoms with Crippen LogP contribution >= 0.6 is 34.8 Å². The molecule has 3 aromatic rings. The third kappa shape index (κ3) is 5.09. The predicted octanol–water partition coefficient (Wildman–Crippen LogP) is 4.21. The summed E-state index contributed by atoms with van der Waals surface area (Å²) in [5, 5.41) is 11.0. The summed E-state index contributed by atoms with van der Waals surface area (Å²) >= 11 is 18.6. The number of halogens is 3. The molecule has 0 bridgehead atoms. The summed E-state index contributed by atoms with van der Waals surface area (Å²) in [6.07, 6.45) is 0. The molecule has 32 heavy (non-hydrogen) atoms. The van der Waals surface area contributed by atoms with E-state index in [-0.39, 0.29) is 51.3 Å². The maximum absolute atomic E-state index is 12.8. The van der Waals surface area contributed by atoms with Gasteiger partial charge in [0.15, 0.2) is 17.3 Å². The normalized spacial score (nSPS) is 10.9. The Morgan fingerprint density at radius 2 is 1.66 bits per heavy atom. The molecule has 0 aliphatic carbocycles. The molecule has 11 heteroatoms. The van der Waals surface area contributed by atoms with Crippen LogP contribution in [0.1, 0.15) is 45.8 Å². The van der Waals surface area contributed by atoms with Crippen LogP contribution in [-0.4, -0.2) is 32.6 Å². The number of anilines is 1. The molecule has 3 rings (SSSR count). The van der Waals surface area contributed by atoms with E-state index in [9.17, 15) is 14.4 Å². The van der Waals surface area contributed by atoms with Crippen molar-refractivity contribution in [2.24, 2.45) is 11.7 Å². The summed E-state index contributed by atoms with van der Waals surface area (Å²) in [4.78, 5) is 36.7. The first-order valence-corrected chi connectivity index (χ1v) is 10.5. The third-order valence-electron chi connectivity index (χ3n) is 4.50. The second-order valence-corrected chi connectivity index (χ2v) is 8.47. The Morgan fingerprint density at radius 1 is 1.06 bits per heavy atom. The van der Waals surface area contributed by atoms with E-state index >= 15 is 0 Å². The first-order chi connectivity index (χ1) is 15.1. The molecule has 166 valence electrons. The number of benzene rings is 2. The summed E-state index contributed by atoms with van der Waals surface area (Å²) in [6, 6.07) is 9.45. The van der Waals surface area contributed by atoms with E-state index in [0.29, 0.717) is 16.1 Å². The minimum absolute atomic E-state index is 0.0584. The van der Waals surface area contributed by atoms with Crippen LogP contribution in [0.5, 0.6) is 0 Å². The van der Waals surface area contributed by atoms with Gasteiger partial charge in [-0.25, -0.2) is 4.68 Å². The van der Waals surface area contributed by atoms with Gasteiger partial charge in [0.25, 0.3) is 5.91 Å². The van der Waals surface area contributed by atoms with Gasteiger partial charge in [0, 0.05) is 16.5 Å². The third-order valence-corrected chi connectivity index (χ3v) is 5.35. The molecule has 0 aliphatic heterocycles. The van der Waals surface area contributed by atoms with Gasteiger partial charge in [0.05, 0.1) is 22.2 Å². The Hall–Kier alpha value is -2.94. The number of carbonyl (C=O) groups excluding carboxylic acids is 3. The topological polar surface area (TPSA) is 120 Å². The number of ketones is 1. The molecule has 8 nitrogen and oxygen atoms in total. The van der Waals surface area contributed by atoms with Crippen molar-refractivity contribution in [3.63, 3.8) is 0 Å². The first-order valence-electron chi connectivity index (χ1n) is 9.40. The SMILES string of the molecule is CC(C)C(=O)Nc1c(C(N)=O)nnn1Cc1cc(Cl)c(C(=O)c2ccc(Cl)cc2)c(Cl)c1. The number of amides is 2. The lowest BCUT2D eigenvalue weighted by Crippen LogP contribution is -2.23. The number of hydrogen-bond donors (Lipinski definition) is 2.